The Hall–Kier alpha value is -0.920. The predicted molar refractivity (Wildman–Crippen MR) is 25.2 cm³/mol. The molecule has 1 rings (SSSR count). The minimum absolute atomic E-state index is 0.0139. The Morgan fingerprint density at radius 1 is 1.71 bits per heavy atom. The molecule has 0 saturated carbocycles. The molecule has 0 bridgehead atoms. The lowest BCUT2D eigenvalue weighted by Crippen LogP contribution is -1.62. The van der Waals surface area contributed by atoms with E-state index in [1.54, 1.807) is 13.0 Å². The lowest BCUT2D eigenvalue weighted by molar-refractivity contribution is 0.572. The zero-order valence-corrected chi connectivity index (χ0v) is 4.01. The third-order valence-electron chi connectivity index (χ3n) is 0.835. The van der Waals surface area contributed by atoms with Crippen molar-refractivity contribution in [3.8, 4) is 0 Å². The van der Waals surface area contributed by atoms with Crippen molar-refractivity contribution in [2.45, 2.75) is 6.92 Å². The molecular weight excluding hydrogens is 90.1 g/mol. The fourth-order valence-electron chi connectivity index (χ4n) is 0.365. The van der Waals surface area contributed by atoms with Crippen LogP contribution in [0.15, 0.2) is 16.7 Å². The number of aryl methyl sites for hydroxylation is 1. The van der Waals surface area contributed by atoms with Crippen LogP contribution in [0.4, 0.5) is 5.88 Å². The summed E-state index contributed by atoms with van der Waals surface area (Å²) in [4.78, 5) is 0. The summed E-state index contributed by atoms with van der Waals surface area (Å²) in [5.41, 5.74) is 9.37. The lowest BCUT2D eigenvalue weighted by atomic mass is 10.4. The summed E-state index contributed by atoms with van der Waals surface area (Å²) in [5.74, 6) is 0.0139. The molecule has 36 valence electrons. The second-order valence-electron chi connectivity index (χ2n) is 1.41. The lowest BCUT2D eigenvalue weighted by Gasteiger charge is -1.74. The molecule has 7 heavy (non-hydrogen) atoms. The Bertz CT molecular complexity index is 140. The quantitative estimate of drug-likeness (QED) is 0.478. The molecule has 0 aliphatic carbocycles. The van der Waals surface area contributed by atoms with Crippen LogP contribution in [0.5, 0.6) is 0 Å². The standard InChI is InChI=1S/C5H5NO/c1-4-2-3-7-5(4)6/h2-3H,1H3. The monoisotopic (exact) mass is 95.0 g/mol. The van der Waals surface area contributed by atoms with Gasteiger partial charge in [-0.2, -0.15) is 0 Å². The van der Waals surface area contributed by atoms with Crippen LogP contribution in [0.3, 0.4) is 0 Å². The van der Waals surface area contributed by atoms with Crippen LogP contribution in [-0.2, 0) is 0 Å². The molecular formula is C5H5NO. The van der Waals surface area contributed by atoms with E-state index in [4.69, 9.17) is 5.73 Å². The second-order valence-corrected chi connectivity index (χ2v) is 1.41. The van der Waals surface area contributed by atoms with Gasteiger partial charge in [0.2, 0.25) is 5.88 Å². The third-order valence-corrected chi connectivity index (χ3v) is 0.835. The van der Waals surface area contributed by atoms with Crippen LogP contribution >= 0.6 is 0 Å². The largest absolute Gasteiger partial charge is 0.445 e. The Morgan fingerprint density at radius 3 is 2.57 bits per heavy atom. The molecule has 0 unspecified atom stereocenters. The average Bonchev–Trinajstić information content (AvgIpc) is 1.91. The van der Waals surface area contributed by atoms with E-state index < -0.39 is 0 Å². The molecule has 0 N–H and O–H groups in total. The van der Waals surface area contributed by atoms with Gasteiger partial charge in [-0.3, -0.25) is 0 Å². The van der Waals surface area contributed by atoms with Crippen molar-refractivity contribution in [1.82, 2.24) is 5.73 Å². The van der Waals surface area contributed by atoms with Crippen LogP contribution in [0.2, 0.25) is 0 Å². The molecule has 0 aliphatic rings. The zero-order valence-electron chi connectivity index (χ0n) is 4.01. The van der Waals surface area contributed by atoms with E-state index in [0.29, 0.717) is 0 Å². The van der Waals surface area contributed by atoms with Gasteiger partial charge in [0.15, 0.2) is 0 Å². The van der Waals surface area contributed by atoms with Crippen molar-refractivity contribution in [3.05, 3.63) is 17.9 Å². The van der Waals surface area contributed by atoms with Crippen molar-refractivity contribution >= 4 is 5.88 Å². The number of nitrogens with zero attached hydrogens (tertiary/aromatic N) is 1. The first-order valence-corrected chi connectivity index (χ1v) is 2.04. The molecule has 0 aromatic carbocycles. The summed E-state index contributed by atoms with van der Waals surface area (Å²) in [6.45, 7) is 1.78. The molecule has 2 heteroatoms. The van der Waals surface area contributed by atoms with Crippen molar-refractivity contribution in [3.63, 3.8) is 0 Å². The summed E-state index contributed by atoms with van der Waals surface area (Å²) >= 11 is 0. The molecule has 1 heterocycles. The molecule has 0 amide bonds. The molecule has 0 saturated heterocycles. The first kappa shape index (κ1) is 4.24. The van der Waals surface area contributed by atoms with Crippen LogP contribution in [0, 0.1) is 6.92 Å². The van der Waals surface area contributed by atoms with E-state index in [1.807, 2.05) is 0 Å². The zero-order chi connectivity index (χ0) is 5.28. The normalized spacial score (nSPS) is 9.29. The molecule has 0 atom stereocenters. The van der Waals surface area contributed by atoms with Crippen LogP contribution < -0.4 is 5.73 Å². The fourth-order valence-corrected chi connectivity index (χ4v) is 0.365. The minimum Gasteiger partial charge on any atom is -0.445 e. The predicted octanol–water partition coefficient (Wildman–Crippen LogP) is 1.29. The average molecular weight is 95.1 g/mol. The highest BCUT2D eigenvalue weighted by molar-refractivity contribution is 5.29. The molecule has 2 nitrogen and oxygen atoms in total. The van der Waals surface area contributed by atoms with E-state index in [0.717, 1.165) is 5.56 Å². The van der Waals surface area contributed by atoms with Crippen molar-refractivity contribution < 1.29 is 4.42 Å². The van der Waals surface area contributed by atoms with E-state index in [9.17, 15) is 0 Å². The van der Waals surface area contributed by atoms with Gasteiger partial charge in [0, 0.05) is 5.56 Å². The second kappa shape index (κ2) is 1.30. The summed E-state index contributed by atoms with van der Waals surface area (Å²) < 4.78 is 4.52. The molecule has 0 aliphatic heterocycles. The van der Waals surface area contributed by atoms with E-state index in [1.165, 1.54) is 6.26 Å². The maximum Gasteiger partial charge on any atom is 0.241 e. The van der Waals surface area contributed by atoms with Gasteiger partial charge in [-0.15, -0.1) is 5.73 Å². The van der Waals surface area contributed by atoms with Crippen molar-refractivity contribution in [1.29, 1.82) is 0 Å². The van der Waals surface area contributed by atoms with Gasteiger partial charge in [0.25, 0.3) is 0 Å². The van der Waals surface area contributed by atoms with E-state index >= 15 is 0 Å². The highest BCUT2D eigenvalue weighted by Gasteiger charge is 1.93. The Morgan fingerprint density at radius 2 is 2.43 bits per heavy atom. The van der Waals surface area contributed by atoms with Crippen molar-refractivity contribution in [2.75, 3.05) is 0 Å². The topological polar surface area (TPSA) is 35.4 Å². The summed E-state index contributed by atoms with van der Waals surface area (Å²) in [6.07, 6.45) is 1.45. The van der Waals surface area contributed by atoms with Gasteiger partial charge in [-0.1, -0.05) is 0 Å². The van der Waals surface area contributed by atoms with Crippen LogP contribution in [0.1, 0.15) is 5.56 Å². The molecule has 1 aromatic heterocycles. The van der Waals surface area contributed by atoms with Gasteiger partial charge >= 0.3 is 0 Å². The van der Waals surface area contributed by atoms with Crippen LogP contribution in [-0.4, -0.2) is 0 Å². The maximum absolute atomic E-state index is 8.59. The summed E-state index contributed by atoms with van der Waals surface area (Å²) in [7, 11) is 0. The van der Waals surface area contributed by atoms with Gasteiger partial charge in [-0.05, 0) is 13.0 Å². The number of hydrogen-bond acceptors (Lipinski definition) is 1. The summed E-state index contributed by atoms with van der Waals surface area (Å²) in [6, 6.07) is 1.70. The SMILES string of the molecule is Cc1ccoc1[N]. The number of furan rings is 1. The van der Waals surface area contributed by atoms with Gasteiger partial charge < -0.3 is 4.42 Å². The van der Waals surface area contributed by atoms with Crippen LogP contribution in [0.25, 0.3) is 0 Å². The fraction of sp³-hybridized carbons (Fsp3) is 0.200. The number of hydrogen-bond donors (Lipinski definition) is 0. The minimum atomic E-state index is 0.0139. The maximum atomic E-state index is 8.59. The van der Waals surface area contributed by atoms with E-state index in [-0.39, 0.29) is 5.88 Å². The Kier molecular flexibility index (Phi) is 0.785. The first-order chi connectivity index (χ1) is 3.30. The smallest absolute Gasteiger partial charge is 0.241 e. The molecule has 2 radical (unpaired) electrons. The highest BCUT2D eigenvalue weighted by Crippen LogP contribution is 2.10. The highest BCUT2D eigenvalue weighted by atomic mass is 16.3. The molecule has 0 fully saturated rings. The van der Waals surface area contributed by atoms with Gasteiger partial charge in [0.05, 0.1) is 6.26 Å². The first-order valence-electron chi connectivity index (χ1n) is 2.04. The Labute approximate surface area is 41.9 Å². The summed E-state index contributed by atoms with van der Waals surface area (Å²) in [5, 5.41) is 0. The van der Waals surface area contributed by atoms with Gasteiger partial charge in [0.1, 0.15) is 0 Å². The molecule has 1 aromatic rings. The number of rotatable bonds is 0. The Balaban J connectivity index is 3.12. The van der Waals surface area contributed by atoms with Gasteiger partial charge in [-0.25, -0.2) is 0 Å². The third kappa shape index (κ3) is 0.585. The van der Waals surface area contributed by atoms with Crippen molar-refractivity contribution in [2.24, 2.45) is 0 Å². The molecule has 0 spiro atoms. The van der Waals surface area contributed by atoms with E-state index in [2.05, 4.69) is 4.42 Å².